The third-order valence-electron chi connectivity index (χ3n) is 8.51. The largest absolute Gasteiger partial charge is 0.493 e. The number of aromatic nitrogens is 4. The molecule has 0 N–H and O–H groups in total. The van der Waals surface area contributed by atoms with Crippen molar-refractivity contribution in [2.75, 3.05) is 31.1 Å². The molecule has 204 valence electrons. The molecule has 2 atom stereocenters. The van der Waals surface area contributed by atoms with Crippen molar-refractivity contribution in [3.63, 3.8) is 0 Å². The van der Waals surface area contributed by atoms with Crippen LogP contribution in [0.5, 0.6) is 5.75 Å². The number of anilines is 1. The number of fused-ring (bicyclic) bond motifs is 1. The highest BCUT2D eigenvalue weighted by atomic mass is 19.1. The van der Waals surface area contributed by atoms with Crippen LogP contribution in [0.3, 0.4) is 0 Å². The van der Waals surface area contributed by atoms with Gasteiger partial charge >= 0.3 is 0 Å². The van der Waals surface area contributed by atoms with Crippen molar-refractivity contribution in [1.82, 2.24) is 24.8 Å². The van der Waals surface area contributed by atoms with Crippen LogP contribution in [0.1, 0.15) is 48.1 Å². The van der Waals surface area contributed by atoms with Crippen LogP contribution in [-0.4, -0.2) is 57.0 Å². The molecule has 3 aromatic rings. The van der Waals surface area contributed by atoms with Gasteiger partial charge in [-0.3, -0.25) is 4.79 Å². The molecule has 1 saturated heterocycles. The molecule has 0 bridgehead atoms. The van der Waals surface area contributed by atoms with Crippen LogP contribution in [0.2, 0.25) is 0 Å². The summed E-state index contributed by atoms with van der Waals surface area (Å²) in [7, 11) is 0. The molecule has 1 aliphatic carbocycles. The standard InChI is InChI=1S/C30H35FN6O2/c1-20-15-33-30(34-16-20)36-8-4-21(5-9-36)26-12-22(26)7-11-39-25-3-2-23(27(31)14-25)13-29(38)37-10-6-28-24(18-37)17-32-19-35-28/h2-3,14-17,19,21-22,26H,4-13,18H2,1H3/t22-,26-/m1/s1. The molecule has 8 nitrogen and oxygen atoms in total. The molecule has 0 radical (unpaired) electrons. The van der Waals surface area contributed by atoms with Gasteiger partial charge in [-0.15, -0.1) is 0 Å². The SMILES string of the molecule is Cc1cnc(N2CCC([C@H]3C[C@H]3CCOc3ccc(CC(=O)N4CCc5ncncc5C4)c(F)c3)CC2)nc1. The molecule has 2 fully saturated rings. The topological polar surface area (TPSA) is 84.3 Å². The van der Waals surface area contributed by atoms with Crippen LogP contribution in [0.25, 0.3) is 0 Å². The van der Waals surface area contributed by atoms with Gasteiger partial charge in [0, 0.05) is 62.8 Å². The highest BCUT2D eigenvalue weighted by Crippen LogP contribution is 2.49. The minimum Gasteiger partial charge on any atom is -0.493 e. The fourth-order valence-electron chi connectivity index (χ4n) is 6.10. The second-order valence-electron chi connectivity index (χ2n) is 11.2. The summed E-state index contributed by atoms with van der Waals surface area (Å²) in [5, 5.41) is 0. The summed E-state index contributed by atoms with van der Waals surface area (Å²) in [5.41, 5.74) is 3.42. The van der Waals surface area contributed by atoms with Gasteiger partial charge in [0.25, 0.3) is 0 Å². The summed E-state index contributed by atoms with van der Waals surface area (Å²) < 4.78 is 20.7. The van der Waals surface area contributed by atoms with Gasteiger partial charge in [-0.1, -0.05) is 6.07 Å². The third-order valence-corrected chi connectivity index (χ3v) is 8.51. The number of ether oxygens (including phenoxy) is 1. The van der Waals surface area contributed by atoms with Crippen molar-refractivity contribution in [2.24, 2.45) is 17.8 Å². The van der Waals surface area contributed by atoms with Crippen LogP contribution in [0.4, 0.5) is 10.3 Å². The molecule has 2 aliphatic heterocycles. The Kier molecular flexibility index (Phi) is 7.39. The summed E-state index contributed by atoms with van der Waals surface area (Å²) in [6.45, 7) is 5.69. The number of hydrogen-bond donors (Lipinski definition) is 0. The molecule has 1 saturated carbocycles. The monoisotopic (exact) mass is 530 g/mol. The number of amides is 1. The lowest BCUT2D eigenvalue weighted by Crippen LogP contribution is -2.37. The van der Waals surface area contributed by atoms with Crippen molar-refractivity contribution in [1.29, 1.82) is 0 Å². The number of benzene rings is 1. The Bertz CT molecular complexity index is 1310. The summed E-state index contributed by atoms with van der Waals surface area (Å²) in [6, 6.07) is 4.86. The number of carbonyl (C=O) groups excluding carboxylic acids is 1. The van der Waals surface area contributed by atoms with Crippen molar-refractivity contribution in [2.45, 2.75) is 52.0 Å². The quantitative estimate of drug-likeness (QED) is 0.432. The Morgan fingerprint density at radius 2 is 1.92 bits per heavy atom. The molecular formula is C30H35FN6O2. The predicted octanol–water partition coefficient (Wildman–Crippen LogP) is 4.16. The molecule has 0 unspecified atom stereocenters. The Hall–Kier alpha value is -3.62. The predicted molar refractivity (Wildman–Crippen MR) is 145 cm³/mol. The first-order valence-corrected chi connectivity index (χ1v) is 14.0. The highest BCUT2D eigenvalue weighted by Gasteiger charge is 2.43. The van der Waals surface area contributed by atoms with E-state index in [0.29, 0.717) is 43.3 Å². The first-order chi connectivity index (χ1) is 19.0. The lowest BCUT2D eigenvalue weighted by molar-refractivity contribution is -0.131. The van der Waals surface area contributed by atoms with E-state index in [-0.39, 0.29) is 12.3 Å². The van der Waals surface area contributed by atoms with Crippen LogP contribution in [-0.2, 0) is 24.2 Å². The number of nitrogens with zero attached hydrogens (tertiary/aromatic N) is 6. The zero-order valence-corrected chi connectivity index (χ0v) is 22.4. The van der Waals surface area contributed by atoms with E-state index in [1.54, 1.807) is 23.2 Å². The second kappa shape index (κ2) is 11.2. The van der Waals surface area contributed by atoms with Gasteiger partial charge in [0.1, 0.15) is 17.9 Å². The van der Waals surface area contributed by atoms with E-state index in [4.69, 9.17) is 4.74 Å². The second-order valence-corrected chi connectivity index (χ2v) is 11.2. The van der Waals surface area contributed by atoms with E-state index in [1.165, 1.54) is 31.7 Å². The fourth-order valence-corrected chi connectivity index (χ4v) is 6.10. The maximum Gasteiger partial charge on any atom is 0.227 e. The Balaban J connectivity index is 0.924. The molecule has 4 heterocycles. The molecular weight excluding hydrogens is 495 g/mol. The first kappa shape index (κ1) is 25.6. The third kappa shape index (κ3) is 6.02. The lowest BCUT2D eigenvalue weighted by atomic mass is 9.90. The Morgan fingerprint density at radius 3 is 2.72 bits per heavy atom. The first-order valence-electron chi connectivity index (χ1n) is 14.0. The molecule has 39 heavy (non-hydrogen) atoms. The highest BCUT2D eigenvalue weighted by molar-refractivity contribution is 5.79. The zero-order valence-electron chi connectivity index (χ0n) is 22.4. The van der Waals surface area contributed by atoms with Crippen molar-refractivity contribution >= 4 is 11.9 Å². The number of carbonyl (C=O) groups is 1. The summed E-state index contributed by atoms with van der Waals surface area (Å²) >= 11 is 0. The number of aryl methyl sites for hydroxylation is 1. The van der Waals surface area contributed by atoms with Crippen LogP contribution in [0.15, 0.2) is 43.1 Å². The average Bonchev–Trinajstić information content (AvgIpc) is 3.74. The van der Waals surface area contributed by atoms with Crippen LogP contribution < -0.4 is 9.64 Å². The number of piperidine rings is 1. The van der Waals surface area contributed by atoms with Gasteiger partial charge in [-0.25, -0.2) is 24.3 Å². The number of hydrogen-bond acceptors (Lipinski definition) is 7. The van der Waals surface area contributed by atoms with E-state index in [9.17, 15) is 9.18 Å². The number of halogens is 1. The Labute approximate surface area is 228 Å². The van der Waals surface area contributed by atoms with Gasteiger partial charge in [-0.05, 0) is 67.6 Å². The van der Waals surface area contributed by atoms with E-state index in [1.807, 2.05) is 19.3 Å². The van der Waals surface area contributed by atoms with Gasteiger partial charge < -0.3 is 14.5 Å². The minimum absolute atomic E-state index is 0.0355. The van der Waals surface area contributed by atoms with E-state index in [0.717, 1.165) is 54.1 Å². The Morgan fingerprint density at radius 1 is 1.10 bits per heavy atom. The van der Waals surface area contributed by atoms with Crippen molar-refractivity contribution in [3.05, 3.63) is 71.3 Å². The van der Waals surface area contributed by atoms with Crippen molar-refractivity contribution < 1.29 is 13.9 Å². The molecule has 9 heteroatoms. The minimum atomic E-state index is -0.393. The maximum absolute atomic E-state index is 14.8. The number of rotatable bonds is 8. The van der Waals surface area contributed by atoms with Crippen LogP contribution in [0, 0.1) is 30.5 Å². The fraction of sp³-hybridized carbons (Fsp3) is 0.500. The van der Waals surface area contributed by atoms with E-state index >= 15 is 0 Å². The molecule has 1 amide bonds. The maximum atomic E-state index is 14.8. The van der Waals surface area contributed by atoms with Crippen LogP contribution >= 0.6 is 0 Å². The average molecular weight is 531 g/mol. The smallest absolute Gasteiger partial charge is 0.227 e. The molecule has 6 rings (SSSR count). The molecule has 3 aliphatic rings. The van der Waals surface area contributed by atoms with Crippen molar-refractivity contribution in [3.8, 4) is 5.75 Å². The molecule has 2 aromatic heterocycles. The summed E-state index contributed by atoms with van der Waals surface area (Å²) in [6.07, 6.45) is 12.4. The van der Waals surface area contributed by atoms with Gasteiger partial charge in [0.05, 0.1) is 18.7 Å². The van der Waals surface area contributed by atoms with Gasteiger partial charge in [-0.2, -0.15) is 0 Å². The van der Waals surface area contributed by atoms with Gasteiger partial charge in [0.2, 0.25) is 11.9 Å². The lowest BCUT2D eigenvalue weighted by Gasteiger charge is -2.32. The molecule has 0 spiro atoms. The summed E-state index contributed by atoms with van der Waals surface area (Å²) in [4.78, 5) is 34.1. The van der Waals surface area contributed by atoms with E-state index < -0.39 is 5.82 Å². The normalized spacial score (nSPS) is 21.0. The zero-order chi connectivity index (χ0) is 26.8. The van der Waals surface area contributed by atoms with E-state index in [2.05, 4.69) is 24.8 Å². The summed E-state index contributed by atoms with van der Waals surface area (Å²) in [5.74, 6) is 3.11. The van der Waals surface area contributed by atoms with Gasteiger partial charge in [0.15, 0.2) is 0 Å². The molecule has 1 aromatic carbocycles.